The maximum Gasteiger partial charge on any atom is 0.171 e. The van der Waals surface area contributed by atoms with Crippen LogP contribution in [0.4, 0.5) is 0 Å². The minimum absolute atomic E-state index is 0.0253. The van der Waals surface area contributed by atoms with Crippen molar-refractivity contribution in [3.8, 4) is 0 Å². The monoisotopic (exact) mass is 202 g/mol. The molecule has 15 heavy (non-hydrogen) atoms. The number of aromatic nitrogens is 1. The summed E-state index contributed by atoms with van der Waals surface area (Å²) in [6.07, 6.45) is 6.14. The molecule has 0 saturated carbocycles. The van der Waals surface area contributed by atoms with Crippen LogP contribution in [-0.2, 0) is 0 Å². The van der Waals surface area contributed by atoms with Gasteiger partial charge >= 0.3 is 0 Å². The number of nitrogens with two attached hydrogens (primary N) is 1. The highest BCUT2D eigenvalue weighted by Gasteiger charge is 2.23. The third kappa shape index (κ3) is 2.13. The standard InChI is InChI=1S/C12H14N2O/c1-8-2-3-10(7-14-8)12(15)9-4-5-11(13)6-9/h2-5,7,9,11H,6,13H2,1H3. The molecule has 0 saturated heterocycles. The quantitative estimate of drug-likeness (QED) is 0.583. The van der Waals surface area contributed by atoms with E-state index in [1.165, 1.54) is 0 Å². The van der Waals surface area contributed by atoms with Crippen LogP contribution in [0.25, 0.3) is 0 Å². The molecule has 0 spiro atoms. The molecule has 1 aromatic rings. The maximum atomic E-state index is 12.0. The molecule has 1 aliphatic rings. The van der Waals surface area contributed by atoms with Gasteiger partial charge in [-0.1, -0.05) is 12.2 Å². The molecule has 3 heteroatoms. The molecule has 1 aliphatic carbocycles. The molecule has 1 aromatic heterocycles. The van der Waals surface area contributed by atoms with Crippen molar-refractivity contribution in [1.29, 1.82) is 0 Å². The van der Waals surface area contributed by atoms with Crippen molar-refractivity contribution in [2.45, 2.75) is 19.4 Å². The normalized spacial score (nSPS) is 24.4. The SMILES string of the molecule is Cc1ccc(C(=O)C2C=CC(N)C2)cn1. The van der Waals surface area contributed by atoms with Gasteiger partial charge in [-0.3, -0.25) is 9.78 Å². The summed E-state index contributed by atoms with van der Waals surface area (Å²) in [6.45, 7) is 1.90. The maximum absolute atomic E-state index is 12.0. The van der Waals surface area contributed by atoms with Crippen molar-refractivity contribution >= 4 is 5.78 Å². The van der Waals surface area contributed by atoms with Crippen molar-refractivity contribution in [3.63, 3.8) is 0 Å². The average Bonchev–Trinajstić information content (AvgIpc) is 2.65. The highest BCUT2D eigenvalue weighted by atomic mass is 16.1. The molecular weight excluding hydrogens is 188 g/mol. The van der Waals surface area contributed by atoms with E-state index in [-0.39, 0.29) is 17.7 Å². The molecule has 2 atom stereocenters. The van der Waals surface area contributed by atoms with Crippen molar-refractivity contribution < 1.29 is 4.79 Å². The Balaban J connectivity index is 2.15. The summed E-state index contributed by atoms with van der Waals surface area (Å²) in [5.41, 5.74) is 7.30. The summed E-state index contributed by atoms with van der Waals surface area (Å²) >= 11 is 0. The third-order valence-corrected chi connectivity index (χ3v) is 2.65. The lowest BCUT2D eigenvalue weighted by molar-refractivity contribution is 0.0942. The smallest absolute Gasteiger partial charge is 0.171 e. The first-order chi connectivity index (χ1) is 7.16. The molecule has 1 heterocycles. The van der Waals surface area contributed by atoms with E-state index in [1.807, 2.05) is 31.2 Å². The molecule has 0 aliphatic heterocycles. The van der Waals surface area contributed by atoms with Crippen molar-refractivity contribution in [2.75, 3.05) is 0 Å². The van der Waals surface area contributed by atoms with E-state index in [0.717, 1.165) is 5.69 Å². The summed E-state index contributed by atoms with van der Waals surface area (Å²) in [4.78, 5) is 16.1. The average molecular weight is 202 g/mol. The van der Waals surface area contributed by atoms with Gasteiger partial charge in [0.15, 0.2) is 5.78 Å². The van der Waals surface area contributed by atoms with Gasteiger partial charge in [-0.25, -0.2) is 0 Å². The van der Waals surface area contributed by atoms with Gasteiger partial charge < -0.3 is 5.73 Å². The highest BCUT2D eigenvalue weighted by molar-refractivity contribution is 5.99. The number of Topliss-reactive ketones (excluding diaryl/α,β-unsaturated/α-hetero) is 1. The van der Waals surface area contributed by atoms with Crippen LogP contribution in [-0.4, -0.2) is 16.8 Å². The topological polar surface area (TPSA) is 56.0 Å². The second-order valence-electron chi connectivity index (χ2n) is 3.94. The van der Waals surface area contributed by atoms with Crippen LogP contribution < -0.4 is 5.73 Å². The second kappa shape index (κ2) is 3.95. The fourth-order valence-electron chi connectivity index (χ4n) is 1.75. The fraction of sp³-hybridized carbons (Fsp3) is 0.333. The van der Waals surface area contributed by atoms with E-state index in [4.69, 9.17) is 5.73 Å². The van der Waals surface area contributed by atoms with E-state index in [9.17, 15) is 4.79 Å². The van der Waals surface area contributed by atoms with Crippen LogP contribution in [0.3, 0.4) is 0 Å². The Bertz CT molecular complexity index is 395. The number of hydrogen-bond acceptors (Lipinski definition) is 3. The summed E-state index contributed by atoms with van der Waals surface area (Å²) in [5, 5.41) is 0. The number of carbonyl (C=O) groups excluding carboxylic acids is 1. The van der Waals surface area contributed by atoms with Crippen LogP contribution >= 0.6 is 0 Å². The van der Waals surface area contributed by atoms with Gasteiger partial charge in [0.1, 0.15) is 0 Å². The number of hydrogen-bond donors (Lipinski definition) is 1. The molecule has 0 fully saturated rings. The minimum Gasteiger partial charge on any atom is -0.324 e. The molecule has 78 valence electrons. The zero-order valence-electron chi connectivity index (χ0n) is 8.68. The molecular formula is C12H14N2O. The van der Waals surface area contributed by atoms with E-state index in [0.29, 0.717) is 12.0 Å². The lowest BCUT2D eigenvalue weighted by atomic mass is 9.97. The van der Waals surface area contributed by atoms with Crippen LogP contribution in [0.15, 0.2) is 30.5 Å². The van der Waals surface area contributed by atoms with Crippen LogP contribution in [0, 0.1) is 12.8 Å². The molecule has 0 bridgehead atoms. The van der Waals surface area contributed by atoms with Crippen molar-refractivity contribution in [1.82, 2.24) is 4.98 Å². The second-order valence-corrected chi connectivity index (χ2v) is 3.94. The number of pyridine rings is 1. The van der Waals surface area contributed by atoms with Crippen LogP contribution in [0.5, 0.6) is 0 Å². The zero-order valence-corrected chi connectivity index (χ0v) is 8.68. The molecule has 2 N–H and O–H groups in total. The van der Waals surface area contributed by atoms with E-state index in [1.54, 1.807) is 6.20 Å². The molecule has 0 amide bonds. The third-order valence-electron chi connectivity index (χ3n) is 2.65. The number of carbonyl (C=O) groups is 1. The number of aryl methyl sites for hydroxylation is 1. The Hall–Kier alpha value is -1.48. The first-order valence-corrected chi connectivity index (χ1v) is 5.07. The van der Waals surface area contributed by atoms with Crippen LogP contribution in [0.1, 0.15) is 22.5 Å². The molecule has 0 radical (unpaired) electrons. The summed E-state index contributed by atoms with van der Waals surface area (Å²) < 4.78 is 0. The summed E-state index contributed by atoms with van der Waals surface area (Å²) in [5.74, 6) is 0.0520. The number of ketones is 1. The van der Waals surface area contributed by atoms with E-state index < -0.39 is 0 Å². The number of rotatable bonds is 2. The Morgan fingerprint density at radius 1 is 1.47 bits per heavy atom. The zero-order chi connectivity index (χ0) is 10.8. The van der Waals surface area contributed by atoms with Gasteiger partial charge in [0.05, 0.1) is 0 Å². The summed E-state index contributed by atoms with van der Waals surface area (Å²) in [6, 6.07) is 3.70. The predicted molar refractivity (Wildman–Crippen MR) is 58.5 cm³/mol. The van der Waals surface area contributed by atoms with Gasteiger partial charge in [0.2, 0.25) is 0 Å². The molecule has 2 unspecified atom stereocenters. The molecule has 0 aromatic carbocycles. The van der Waals surface area contributed by atoms with E-state index in [2.05, 4.69) is 4.98 Å². The predicted octanol–water partition coefficient (Wildman–Crippen LogP) is 1.48. The first-order valence-electron chi connectivity index (χ1n) is 5.07. The Labute approximate surface area is 89.0 Å². The molecule has 2 rings (SSSR count). The van der Waals surface area contributed by atoms with Gasteiger partial charge in [-0.05, 0) is 25.5 Å². The summed E-state index contributed by atoms with van der Waals surface area (Å²) in [7, 11) is 0. The van der Waals surface area contributed by atoms with Crippen molar-refractivity contribution in [3.05, 3.63) is 41.7 Å². The van der Waals surface area contributed by atoms with Gasteiger partial charge in [-0.15, -0.1) is 0 Å². The number of nitrogens with zero attached hydrogens (tertiary/aromatic N) is 1. The first kappa shape index (κ1) is 10.1. The Kier molecular flexibility index (Phi) is 2.64. The largest absolute Gasteiger partial charge is 0.324 e. The van der Waals surface area contributed by atoms with Gasteiger partial charge in [0, 0.05) is 29.4 Å². The lowest BCUT2D eigenvalue weighted by Gasteiger charge is -2.07. The van der Waals surface area contributed by atoms with Crippen molar-refractivity contribution in [2.24, 2.45) is 11.7 Å². The Morgan fingerprint density at radius 3 is 2.80 bits per heavy atom. The Morgan fingerprint density at radius 2 is 2.27 bits per heavy atom. The molecule has 3 nitrogen and oxygen atoms in total. The minimum atomic E-state index is -0.0653. The van der Waals surface area contributed by atoms with E-state index >= 15 is 0 Å². The lowest BCUT2D eigenvalue weighted by Crippen LogP contribution is -2.19. The highest BCUT2D eigenvalue weighted by Crippen LogP contribution is 2.20. The van der Waals surface area contributed by atoms with Crippen LogP contribution in [0.2, 0.25) is 0 Å². The van der Waals surface area contributed by atoms with Gasteiger partial charge in [0.25, 0.3) is 0 Å². The van der Waals surface area contributed by atoms with Gasteiger partial charge in [-0.2, -0.15) is 0 Å². The fourth-order valence-corrected chi connectivity index (χ4v) is 1.75. The number of allylic oxidation sites excluding steroid dienone is 1.